The maximum Gasteiger partial charge on any atom is 0.108 e. The second-order valence-electron chi connectivity index (χ2n) is 1.82. The topological polar surface area (TPSA) is 36.4 Å². The fourth-order valence-corrected chi connectivity index (χ4v) is 0.888. The van der Waals surface area contributed by atoms with Crippen LogP contribution in [0.2, 0.25) is 0 Å². The van der Waals surface area contributed by atoms with Crippen LogP contribution in [0, 0.1) is 0 Å². The van der Waals surface area contributed by atoms with Crippen molar-refractivity contribution < 1.29 is 0 Å². The van der Waals surface area contributed by atoms with Gasteiger partial charge in [-0.05, 0) is 0 Å². The average Bonchev–Trinajstić information content (AvgIpc) is 2.59. The van der Waals surface area contributed by atoms with Crippen molar-refractivity contribution in [2.75, 3.05) is 31.8 Å². The Kier molecular flexibility index (Phi) is 1.42. The minimum Gasteiger partial charge on any atom is -0.385 e. The Bertz CT molecular complexity index is 198. The SMILES string of the molecule is CN=c1c(NC)c1NC. The maximum atomic E-state index is 4.02. The van der Waals surface area contributed by atoms with Gasteiger partial charge < -0.3 is 10.6 Å². The van der Waals surface area contributed by atoms with Crippen LogP contribution in [0.25, 0.3) is 0 Å². The van der Waals surface area contributed by atoms with Crippen LogP contribution in [0.5, 0.6) is 0 Å². The van der Waals surface area contributed by atoms with Gasteiger partial charge in [0.15, 0.2) is 0 Å². The highest BCUT2D eigenvalue weighted by molar-refractivity contribution is 5.82. The van der Waals surface area contributed by atoms with E-state index < -0.39 is 0 Å². The van der Waals surface area contributed by atoms with E-state index in [4.69, 9.17) is 0 Å². The summed E-state index contributed by atoms with van der Waals surface area (Å²) in [7, 11) is 5.58. The second-order valence-corrected chi connectivity index (χ2v) is 1.82. The van der Waals surface area contributed by atoms with Gasteiger partial charge in [0.1, 0.15) is 5.36 Å². The molecule has 0 atom stereocenters. The largest absolute Gasteiger partial charge is 0.385 e. The summed E-state index contributed by atoms with van der Waals surface area (Å²) in [5.74, 6) is 0. The first kappa shape index (κ1) is 6.13. The van der Waals surface area contributed by atoms with Crippen LogP contribution >= 0.6 is 0 Å². The Labute approximate surface area is 54.5 Å². The summed E-state index contributed by atoms with van der Waals surface area (Å²) in [6.07, 6.45) is 0. The number of nitrogens with one attached hydrogen (secondary N) is 2. The summed E-state index contributed by atoms with van der Waals surface area (Å²) >= 11 is 0. The third-order valence-electron chi connectivity index (χ3n) is 1.38. The van der Waals surface area contributed by atoms with Crippen LogP contribution in [0.4, 0.5) is 11.4 Å². The first-order chi connectivity index (χ1) is 4.35. The van der Waals surface area contributed by atoms with Gasteiger partial charge in [-0.15, -0.1) is 0 Å². The monoisotopic (exact) mass is 125 g/mol. The van der Waals surface area contributed by atoms with E-state index in [0.29, 0.717) is 0 Å². The molecule has 0 saturated carbocycles. The summed E-state index contributed by atoms with van der Waals surface area (Å²) in [5, 5.41) is 7.12. The fraction of sp³-hybridized carbons (Fsp3) is 0.500. The maximum absolute atomic E-state index is 4.02. The molecule has 0 bridgehead atoms. The number of anilines is 2. The summed E-state index contributed by atoms with van der Waals surface area (Å²) < 4.78 is 0. The van der Waals surface area contributed by atoms with Gasteiger partial charge in [0, 0.05) is 21.1 Å². The van der Waals surface area contributed by atoms with E-state index in [-0.39, 0.29) is 0 Å². The van der Waals surface area contributed by atoms with Crippen molar-refractivity contribution in [3.05, 3.63) is 5.36 Å². The lowest BCUT2D eigenvalue weighted by molar-refractivity contribution is 1.33. The van der Waals surface area contributed by atoms with Crippen LogP contribution < -0.4 is 16.0 Å². The van der Waals surface area contributed by atoms with Crippen molar-refractivity contribution in [1.82, 2.24) is 0 Å². The summed E-state index contributed by atoms with van der Waals surface area (Å²) in [6.45, 7) is 0. The van der Waals surface area contributed by atoms with Crippen molar-refractivity contribution in [3.8, 4) is 0 Å². The lowest BCUT2D eigenvalue weighted by Crippen LogP contribution is -1.88. The quantitative estimate of drug-likeness (QED) is 0.591. The number of nitrogens with zero attached hydrogens (tertiary/aromatic N) is 1. The minimum absolute atomic E-state index is 1.07. The molecule has 50 valence electrons. The van der Waals surface area contributed by atoms with E-state index >= 15 is 0 Å². The van der Waals surface area contributed by atoms with Crippen LogP contribution in [0.15, 0.2) is 4.99 Å². The van der Waals surface area contributed by atoms with Gasteiger partial charge in [-0.25, -0.2) is 0 Å². The molecule has 0 aliphatic rings. The number of hydrogen-bond acceptors (Lipinski definition) is 3. The van der Waals surface area contributed by atoms with Crippen LogP contribution in [-0.2, 0) is 0 Å². The van der Waals surface area contributed by atoms with Crippen LogP contribution in [-0.4, -0.2) is 21.1 Å². The van der Waals surface area contributed by atoms with E-state index in [2.05, 4.69) is 15.6 Å². The lowest BCUT2D eigenvalue weighted by Gasteiger charge is -1.83. The molecule has 0 aliphatic heterocycles. The van der Waals surface area contributed by atoms with Crippen molar-refractivity contribution in [3.63, 3.8) is 0 Å². The zero-order chi connectivity index (χ0) is 6.85. The van der Waals surface area contributed by atoms with Gasteiger partial charge in [0.2, 0.25) is 0 Å². The molecule has 0 amide bonds. The average molecular weight is 125 g/mol. The van der Waals surface area contributed by atoms with Crippen molar-refractivity contribution in [1.29, 1.82) is 0 Å². The summed E-state index contributed by atoms with van der Waals surface area (Å²) in [6, 6.07) is 0. The van der Waals surface area contributed by atoms with Gasteiger partial charge in [0.05, 0.1) is 11.4 Å². The summed E-state index contributed by atoms with van der Waals surface area (Å²) in [4.78, 5) is 4.02. The molecule has 0 fully saturated rings. The smallest absolute Gasteiger partial charge is 0.108 e. The second kappa shape index (κ2) is 2.09. The molecule has 0 heterocycles. The highest BCUT2D eigenvalue weighted by Gasteiger charge is 2.14. The molecule has 1 aromatic carbocycles. The third-order valence-corrected chi connectivity index (χ3v) is 1.38. The van der Waals surface area contributed by atoms with Gasteiger partial charge in [0.25, 0.3) is 0 Å². The van der Waals surface area contributed by atoms with E-state index in [9.17, 15) is 0 Å². The van der Waals surface area contributed by atoms with Crippen molar-refractivity contribution in [2.24, 2.45) is 4.99 Å². The van der Waals surface area contributed by atoms with E-state index in [0.717, 1.165) is 16.7 Å². The molecule has 2 N–H and O–H groups in total. The zero-order valence-electron chi connectivity index (χ0n) is 5.95. The van der Waals surface area contributed by atoms with E-state index in [1.165, 1.54) is 0 Å². The third kappa shape index (κ3) is 0.781. The van der Waals surface area contributed by atoms with Crippen molar-refractivity contribution >= 4 is 11.4 Å². The molecule has 0 unspecified atom stereocenters. The van der Waals surface area contributed by atoms with Crippen LogP contribution in [0.1, 0.15) is 0 Å². The molecule has 0 spiro atoms. The molecule has 0 aliphatic carbocycles. The molecule has 3 nitrogen and oxygen atoms in total. The molecule has 0 aromatic heterocycles. The normalized spacial score (nSPS) is 9.67. The van der Waals surface area contributed by atoms with Gasteiger partial charge in [-0.3, -0.25) is 4.99 Å². The van der Waals surface area contributed by atoms with Gasteiger partial charge in [-0.2, -0.15) is 0 Å². The molecule has 1 aromatic rings. The number of rotatable bonds is 2. The van der Waals surface area contributed by atoms with Crippen LogP contribution in [0.3, 0.4) is 0 Å². The minimum atomic E-state index is 1.07. The fourth-order valence-electron chi connectivity index (χ4n) is 0.888. The molecular weight excluding hydrogens is 114 g/mol. The predicted octanol–water partition coefficient (Wildman–Crippen LogP) is 0.176. The predicted molar refractivity (Wildman–Crippen MR) is 39.4 cm³/mol. The van der Waals surface area contributed by atoms with E-state index in [1.807, 2.05) is 14.1 Å². The molecular formula is C6H11N3. The standard InChI is InChI=1S/C6H11N3/c1-7-4-5(8-2)6(4)9-3/h7-8H,1-3H3. The number of hydrogen-bond donors (Lipinski definition) is 2. The Morgan fingerprint density at radius 2 is 1.56 bits per heavy atom. The Morgan fingerprint density at radius 1 is 1.11 bits per heavy atom. The zero-order valence-corrected chi connectivity index (χ0v) is 5.95. The Balaban J connectivity index is 2.80. The lowest BCUT2D eigenvalue weighted by atomic mass is 10.8. The Morgan fingerprint density at radius 3 is 1.67 bits per heavy atom. The molecule has 9 heavy (non-hydrogen) atoms. The first-order valence-corrected chi connectivity index (χ1v) is 2.92. The highest BCUT2D eigenvalue weighted by Crippen LogP contribution is 2.21. The van der Waals surface area contributed by atoms with Gasteiger partial charge >= 0.3 is 0 Å². The summed E-state index contributed by atoms with van der Waals surface area (Å²) in [5.41, 5.74) is 2.28. The molecule has 0 saturated heterocycles. The molecule has 3 heteroatoms. The van der Waals surface area contributed by atoms with E-state index in [1.54, 1.807) is 7.05 Å². The van der Waals surface area contributed by atoms with Gasteiger partial charge in [-0.1, -0.05) is 0 Å². The molecule has 1 rings (SSSR count). The first-order valence-electron chi connectivity index (χ1n) is 2.92. The Hall–Kier alpha value is -0.990. The van der Waals surface area contributed by atoms with Crippen molar-refractivity contribution in [2.45, 2.75) is 0 Å². The molecule has 0 radical (unpaired) electrons. The highest BCUT2D eigenvalue weighted by atomic mass is 15.0.